The van der Waals surface area contributed by atoms with E-state index in [0.29, 0.717) is 11.3 Å². The van der Waals surface area contributed by atoms with Crippen LogP contribution in [0.3, 0.4) is 0 Å². The molecule has 0 aliphatic carbocycles. The molecule has 178 valence electrons. The number of nitrogens with zero attached hydrogens (tertiary/aromatic N) is 4. The number of anilines is 1. The van der Waals surface area contributed by atoms with Crippen LogP contribution in [0.4, 0.5) is 10.1 Å². The van der Waals surface area contributed by atoms with Crippen molar-refractivity contribution in [3.8, 4) is 0 Å². The van der Waals surface area contributed by atoms with Gasteiger partial charge in [0.15, 0.2) is 0 Å². The van der Waals surface area contributed by atoms with Crippen LogP contribution in [0, 0.1) is 12.7 Å². The normalized spacial score (nSPS) is 10.7. The summed E-state index contributed by atoms with van der Waals surface area (Å²) in [6.07, 6.45) is 1.24. The molecule has 0 aliphatic heterocycles. The lowest BCUT2D eigenvalue weighted by atomic mass is 10.1. The van der Waals surface area contributed by atoms with Gasteiger partial charge in [-0.1, -0.05) is 24.3 Å². The van der Waals surface area contributed by atoms with E-state index in [1.165, 1.54) is 29.9 Å². The third-order valence-corrected chi connectivity index (χ3v) is 5.12. The molecule has 0 spiro atoms. The number of carbonyl (C=O) groups is 3. The van der Waals surface area contributed by atoms with E-state index in [9.17, 15) is 18.8 Å². The van der Waals surface area contributed by atoms with Crippen molar-refractivity contribution in [2.24, 2.45) is 0 Å². The van der Waals surface area contributed by atoms with E-state index in [1.807, 2.05) is 0 Å². The second-order valence-corrected chi connectivity index (χ2v) is 7.83. The molecule has 2 heterocycles. The third kappa shape index (κ3) is 5.64. The first-order chi connectivity index (χ1) is 16.8. The van der Waals surface area contributed by atoms with E-state index in [2.05, 4.69) is 31.0 Å². The zero-order chi connectivity index (χ0) is 24.9. The van der Waals surface area contributed by atoms with Crippen LogP contribution < -0.4 is 16.0 Å². The molecule has 4 rings (SSSR count). The van der Waals surface area contributed by atoms with Crippen molar-refractivity contribution in [2.75, 3.05) is 5.32 Å². The molecule has 0 saturated heterocycles. The summed E-state index contributed by atoms with van der Waals surface area (Å²) in [5.41, 5.74) is 2.74. The average Bonchev–Trinajstić information content (AvgIpc) is 3.32. The molecule has 0 aliphatic rings. The standard InChI is InChI=1S/C24H22FN7O3/c1-14-9-17(5-8-19(14)25)12-26-22(34)20-10-21(32-24(31-20)28-13-29-32)23(35)27-11-16-3-6-18(7-4-16)30-15(2)33/h3-10,13H,11-12H2,1-2H3,(H,26,34)(H,27,35)(H,30,33). The molecule has 0 fully saturated rings. The van der Waals surface area contributed by atoms with Crippen molar-refractivity contribution in [1.82, 2.24) is 30.2 Å². The van der Waals surface area contributed by atoms with Crippen molar-refractivity contribution < 1.29 is 18.8 Å². The van der Waals surface area contributed by atoms with Gasteiger partial charge >= 0.3 is 0 Å². The van der Waals surface area contributed by atoms with Gasteiger partial charge in [0, 0.05) is 31.8 Å². The van der Waals surface area contributed by atoms with Gasteiger partial charge in [0.25, 0.3) is 17.6 Å². The molecule has 10 nitrogen and oxygen atoms in total. The van der Waals surface area contributed by atoms with E-state index < -0.39 is 11.8 Å². The molecule has 3 N–H and O–H groups in total. The van der Waals surface area contributed by atoms with Crippen LogP contribution in [0.25, 0.3) is 5.78 Å². The Labute approximate surface area is 199 Å². The molecular weight excluding hydrogens is 453 g/mol. The highest BCUT2D eigenvalue weighted by atomic mass is 19.1. The number of rotatable bonds is 7. The van der Waals surface area contributed by atoms with Crippen LogP contribution in [0.5, 0.6) is 0 Å². The number of benzene rings is 2. The number of carbonyl (C=O) groups excluding carboxylic acids is 3. The number of hydrogen-bond acceptors (Lipinski definition) is 6. The van der Waals surface area contributed by atoms with E-state index in [4.69, 9.17) is 0 Å². The molecule has 2 aromatic carbocycles. The largest absolute Gasteiger partial charge is 0.347 e. The summed E-state index contributed by atoms with van der Waals surface area (Å²) in [7, 11) is 0. The summed E-state index contributed by atoms with van der Waals surface area (Å²) in [4.78, 5) is 45.0. The van der Waals surface area contributed by atoms with E-state index in [1.54, 1.807) is 43.3 Å². The fourth-order valence-electron chi connectivity index (χ4n) is 3.36. The van der Waals surface area contributed by atoms with Gasteiger partial charge in [-0.25, -0.2) is 9.37 Å². The maximum atomic E-state index is 13.5. The summed E-state index contributed by atoms with van der Waals surface area (Å²) in [6.45, 7) is 3.44. The van der Waals surface area contributed by atoms with E-state index in [0.717, 1.165) is 11.1 Å². The molecule has 2 aromatic heterocycles. The van der Waals surface area contributed by atoms with Crippen LogP contribution >= 0.6 is 0 Å². The van der Waals surface area contributed by atoms with Gasteiger partial charge in [-0.2, -0.15) is 14.6 Å². The number of nitrogens with one attached hydrogen (secondary N) is 3. The van der Waals surface area contributed by atoms with Crippen molar-refractivity contribution in [3.63, 3.8) is 0 Å². The summed E-state index contributed by atoms with van der Waals surface area (Å²) in [5.74, 6) is -1.39. The van der Waals surface area contributed by atoms with Gasteiger partial charge < -0.3 is 16.0 Å². The summed E-state index contributed by atoms with van der Waals surface area (Å²) in [6, 6.07) is 12.9. The van der Waals surface area contributed by atoms with Crippen LogP contribution in [-0.4, -0.2) is 37.3 Å². The first-order valence-corrected chi connectivity index (χ1v) is 10.7. The highest BCUT2D eigenvalue weighted by Crippen LogP contribution is 2.12. The third-order valence-electron chi connectivity index (χ3n) is 5.12. The first kappa shape index (κ1) is 23.5. The number of aromatic nitrogens is 4. The van der Waals surface area contributed by atoms with Crippen LogP contribution in [0.15, 0.2) is 54.9 Å². The zero-order valence-electron chi connectivity index (χ0n) is 19.0. The van der Waals surface area contributed by atoms with Gasteiger partial charge in [0.05, 0.1) is 0 Å². The number of hydrogen-bond donors (Lipinski definition) is 3. The van der Waals surface area contributed by atoms with Gasteiger partial charge in [-0.3, -0.25) is 14.4 Å². The molecule has 4 aromatic rings. The molecule has 0 radical (unpaired) electrons. The van der Waals surface area contributed by atoms with Crippen LogP contribution in [0.1, 0.15) is 44.6 Å². The van der Waals surface area contributed by atoms with Gasteiger partial charge in [0.2, 0.25) is 5.91 Å². The Morgan fingerprint density at radius 3 is 2.34 bits per heavy atom. The second kappa shape index (κ2) is 10.1. The molecule has 0 bridgehead atoms. The Kier molecular flexibility index (Phi) is 6.76. The van der Waals surface area contributed by atoms with Gasteiger partial charge in [-0.05, 0) is 41.8 Å². The highest BCUT2D eigenvalue weighted by Gasteiger charge is 2.18. The first-order valence-electron chi connectivity index (χ1n) is 10.7. The van der Waals surface area contributed by atoms with Crippen molar-refractivity contribution >= 4 is 29.2 Å². The Balaban J connectivity index is 1.47. The lowest BCUT2D eigenvalue weighted by Gasteiger charge is -2.10. The van der Waals surface area contributed by atoms with Gasteiger partial charge in [-0.15, -0.1) is 0 Å². The van der Waals surface area contributed by atoms with Gasteiger partial charge in [0.1, 0.15) is 23.5 Å². The molecule has 0 saturated carbocycles. The topological polar surface area (TPSA) is 130 Å². The highest BCUT2D eigenvalue weighted by molar-refractivity contribution is 5.98. The minimum atomic E-state index is -0.514. The Bertz CT molecular complexity index is 1420. The lowest BCUT2D eigenvalue weighted by Crippen LogP contribution is -2.28. The quantitative estimate of drug-likeness (QED) is 0.376. The number of fused-ring (bicyclic) bond motifs is 1. The SMILES string of the molecule is CC(=O)Nc1ccc(CNC(=O)c2cc(C(=O)NCc3ccc(F)c(C)c3)nc3ncnn23)cc1. The summed E-state index contributed by atoms with van der Waals surface area (Å²) < 4.78 is 14.7. The monoisotopic (exact) mass is 475 g/mol. The zero-order valence-corrected chi connectivity index (χ0v) is 19.0. The Morgan fingerprint density at radius 1 is 0.943 bits per heavy atom. The lowest BCUT2D eigenvalue weighted by molar-refractivity contribution is -0.114. The smallest absolute Gasteiger partial charge is 0.270 e. The maximum Gasteiger partial charge on any atom is 0.270 e. The minimum absolute atomic E-state index is 0.00542. The Morgan fingerprint density at radius 2 is 1.63 bits per heavy atom. The Hall–Kier alpha value is -4.67. The average molecular weight is 475 g/mol. The molecule has 0 unspecified atom stereocenters. The van der Waals surface area contributed by atoms with E-state index >= 15 is 0 Å². The molecule has 3 amide bonds. The predicted molar refractivity (Wildman–Crippen MR) is 125 cm³/mol. The fraction of sp³-hybridized carbons (Fsp3) is 0.167. The minimum Gasteiger partial charge on any atom is -0.347 e. The van der Waals surface area contributed by atoms with Crippen LogP contribution in [0.2, 0.25) is 0 Å². The summed E-state index contributed by atoms with van der Waals surface area (Å²) in [5, 5.41) is 12.2. The van der Waals surface area contributed by atoms with Crippen LogP contribution in [-0.2, 0) is 17.9 Å². The van der Waals surface area contributed by atoms with Crippen molar-refractivity contribution in [3.05, 3.63) is 88.8 Å². The van der Waals surface area contributed by atoms with Crippen molar-refractivity contribution in [1.29, 1.82) is 0 Å². The molecule has 0 atom stereocenters. The maximum absolute atomic E-state index is 13.5. The second-order valence-electron chi connectivity index (χ2n) is 7.83. The number of amides is 3. The molecule has 35 heavy (non-hydrogen) atoms. The molecule has 11 heteroatoms. The number of halogens is 1. The van der Waals surface area contributed by atoms with Crippen molar-refractivity contribution in [2.45, 2.75) is 26.9 Å². The van der Waals surface area contributed by atoms with E-state index in [-0.39, 0.29) is 42.0 Å². The number of aryl methyl sites for hydroxylation is 1. The predicted octanol–water partition coefficient (Wildman–Crippen LogP) is 2.39. The fourth-order valence-corrected chi connectivity index (χ4v) is 3.36. The molecular formula is C24H22FN7O3. The summed E-state index contributed by atoms with van der Waals surface area (Å²) >= 11 is 0.